The molecule has 100 valence electrons. The lowest BCUT2D eigenvalue weighted by molar-refractivity contribution is -0.158. The molecule has 4 nitrogen and oxygen atoms in total. The molecule has 0 saturated heterocycles. The maximum absolute atomic E-state index is 13.6. The van der Waals surface area contributed by atoms with E-state index < -0.39 is 30.1 Å². The Morgan fingerprint density at radius 2 is 2.06 bits per heavy atom. The molecule has 0 saturated carbocycles. The largest absolute Gasteiger partial charge is 0.479 e. The van der Waals surface area contributed by atoms with Crippen molar-refractivity contribution in [1.82, 2.24) is 0 Å². The highest BCUT2D eigenvalue weighted by Crippen LogP contribution is 2.26. The first kappa shape index (κ1) is 14.9. The Kier molecular flexibility index (Phi) is 5.07. The molecule has 0 spiro atoms. The van der Waals surface area contributed by atoms with E-state index in [-0.39, 0.29) is 10.6 Å². The van der Waals surface area contributed by atoms with Gasteiger partial charge in [-0.05, 0) is 32.0 Å². The van der Waals surface area contributed by atoms with Crippen LogP contribution in [-0.2, 0) is 9.53 Å². The number of ether oxygens (including phenoxy) is 1. The van der Waals surface area contributed by atoms with Gasteiger partial charge in [0, 0.05) is 10.6 Å². The van der Waals surface area contributed by atoms with Crippen molar-refractivity contribution in [2.24, 2.45) is 0 Å². The lowest BCUT2D eigenvalue weighted by Gasteiger charge is -2.22. The topological polar surface area (TPSA) is 66.8 Å². The minimum absolute atomic E-state index is 0.164. The molecule has 0 aliphatic heterocycles. The molecule has 0 bridgehead atoms. The first-order chi connectivity index (χ1) is 8.32. The number of aliphatic hydroxyl groups excluding tert-OH is 1. The van der Waals surface area contributed by atoms with Gasteiger partial charge in [-0.25, -0.2) is 9.18 Å². The van der Waals surface area contributed by atoms with Gasteiger partial charge in [0.25, 0.3) is 0 Å². The first-order valence-corrected chi connectivity index (χ1v) is 5.72. The van der Waals surface area contributed by atoms with Crippen LogP contribution in [0.2, 0.25) is 5.02 Å². The van der Waals surface area contributed by atoms with E-state index in [0.717, 1.165) is 6.07 Å². The number of rotatable bonds is 5. The first-order valence-electron chi connectivity index (χ1n) is 5.34. The van der Waals surface area contributed by atoms with E-state index in [1.54, 1.807) is 0 Å². The summed E-state index contributed by atoms with van der Waals surface area (Å²) in [6, 6.07) is 3.59. The number of aliphatic hydroxyl groups is 1. The normalized spacial score (nSPS) is 16.1. The van der Waals surface area contributed by atoms with E-state index in [2.05, 4.69) is 0 Å². The van der Waals surface area contributed by atoms with Crippen LogP contribution in [0.4, 0.5) is 4.39 Å². The van der Waals surface area contributed by atoms with Gasteiger partial charge in [-0.3, -0.25) is 0 Å². The summed E-state index contributed by atoms with van der Waals surface area (Å²) in [5.41, 5.74) is -0.164. The monoisotopic (exact) mass is 276 g/mol. The summed E-state index contributed by atoms with van der Waals surface area (Å²) < 4.78 is 18.7. The molecule has 6 heteroatoms. The van der Waals surface area contributed by atoms with Gasteiger partial charge in [-0.2, -0.15) is 0 Å². The standard InChI is InChI=1S/C12H14ClFO4/c1-6(15)7(2)18-11(12(16)17)9-5-8(13)3-4-10(9)14/h3-7,11,15H,1-2H3,(H,16,17). The van der Waals surface area contributed by atoms with Crippen LogP contribution < -0.4 is 0 Å². The van der Waals surface area contributed by atoms with Crippen LogP contribution in [0.3, 0.4) is 0 Å². The van der Waals surface area contributed by atoms with Crippen molar-refractivity contribution in [2.75, 3.05) is 0 Å². The van der Waals surface area contributed by atoms with Crippen molar-refractivity contribution in [3.05, 3.63) is 34.6 Å². The molecule has 2 N–H and O–H groups in total. The highest BCUT2D eigenvalue weighted by molar-refractivity contribution is 6.30. The number of halogens is 2. The molecule has 0 amide bonds. The number of hydrogen-bond acceptors (Lipinski definition) is 3. The zero-order valence-corrected chi connectivity index (χ0v) is 10.7. The van der Waals surface area contributed by atoms with Crippen molar-refractivity contribution in [1.29, 1.82) is 0 Å². The number of aliphatic carboxylic acids is 1. The third-order valence-corrected chi connectivity index (χ3v) is 2.73. The Hall–Kier alpha value is -1.17. The van der Waals surface area contributed by atoms with Crippen LogP contribution in [-0.4, -0.2) is 28.4 Å². The molecule has 0 aliphatic carbocycles. The lowest BCUT2D eigenvalue weighted by atomic mass is 10.1. The minimum Gasteiger partial charge on any atom is -0.479 e. The smallest absolute Gasteiger partial charge is 0.337 e. The van der Waals surface area contributed by atoms with E-state index in [0.29, 0.717) is 0 Å². The van der Waals surface area contributed by atoms with Crippen LogP contribution in [0, 0.1) is 5.82 Å². The molecule has 0 aliphatic rings. The van der Waals surface area contributed by atoms with Gasteiger partial charge in [0.05, 0.1) is 12.2 Å². The molecule has 0 fully saturated rings. The highest BCUT2D eigenvalue weighted by atomic mass is 35.5. The van der Waals surface area contributed by atoms with Crippen LogP contribution in [0.5, 0.6) is 0 Å². The third kappa shape index (κ3) is 3.66. The van der Waals surface area contributed by atoms with Crippen molar-refractivity contribution >= 4 is 17.6 Å². The summed E-state index contributed by atoms with van der Waals surface area (Å²) >= 11 is 5.70. The zero-order valence-electron chi connectivity index (χ0n) is 9.93. The Morgan fingerprint density at radius 3 is 2.56 bits per heavy atom. The van der Waals surface area contributed by atoms with Crippen LogP contribution in [0.1, 0.15) is 25.5 Å². The van der Waals surface area contributed by atoms with Gasteiger partial charge in [0.15, 0.2) is 6.10 Å². The molecular weight excluding hydrogens is 263 g/mol. The van der Waals surface area contributed by atoms with E-state index in [9.17, 15) is 14.3 Å². The maximum atomic E-state index is 13.6. The highest BCUT2D eigenvalue weighted by Gasteiger charge is 2.27. The molecule has 0 heterocycles. The molecule has 3 atom stereocenters. The number of carbonyl (C=O) groups is 1. The Morgan fingerprint density at radius 1 is 1.44 bits per heavy atom. The molecule has 0 radical (unpaired) electrons. The molecule has 3 unspecified atom stereocenters. The van der Waals surface area contributed by atoms with E-state index >= 15 is 0 Å². The summed E-state index contributed by atoms with van der Waals surface area (Å²) in [6.45, 7) is 2.96. The Balaban J connectivity index is 3.05. The van der Waals surface area contributed by atoms with Gasteiger partial charge in [-0.15, -0.1) is 0 Å². The summed E-state index contributed by atoms with van der Waals surface area (Å²) in [7, 11) is 0. The average molecular weight is 277 g/mol. The minimum atomic E-state index is -1.51. The fourth-order valence-electron chi connectivity index (χ4n) is 1.31. The summed E-state index contributed by atoms with van der Waals surface area (Å²) in [6.07, 6.45) is -3.12. The fraction of sp³-hybridized carbons (Fsp3) is 0.417. The molecular formula is C12H14ClFO4. The van der Waals surface area contributed by atoms with Gasteiger partial charge in [-0.1, -0.05) is 11.6 Å². The third-order valence-electron chi connectivity index (χ3n) is 2.49. The number of benzene rings is 1. The van der Waals surface area contributed by atoms with Crippen LogP contribution in [0.15, 0.2) is 18.2 Å². The molecule has 18 heavy (non-hydrogen) atoms. The second-order valence-electron chi connectivity index (χ2n) is 3.97. The van der Waals surface area contributed by atoms with Gasteiger partial charge in [0.1, 0.15) is 5.82 Å². The van der Waals surface area contributed by atoms with E-state index in [1.165, 1.54) is 26.0 Å². The second kappa shape index (κ2) is 6.13. The molecule has 1 aromatic rings. The van der Waals surface area contributed by atoms with Crippen LogP contribution >= 0.6 is 11.6 Å². The Labute approximate surface area is 109 Å². The van der Waals surface area contributed by atoms with E-state index in [4.69, 9.17) is 21.4 Å². The number of carboxylic acids is 1. The summed E-state index contributed by atoms with van der Waals surface area (Å²) in [4.78, 5) is 11.1. The molecule has 1 rings (SSSR count). The van der Waals surface area contributed by atoms with E-state index in [1.807, 2.05) is 0 Å². The number of carboxylic acid groups (broad SMARTS) is 1. The summed E-state index contributed by atoms with van der Waals surface area (Å²) in [5, 5.41) is 18.6. The SMILES string of the molecule is CC(O)C(C)OC(C(=O)O)c1cc(Cl)ccc1F. The molecule has 0 aromatic heterocycles. The van der Waals surface area contributed by atoms with Crippen molar-refractivity contribution < 1.29 is 24.1 Å². The molecule has 1 aromatic carbocycles. The lowest BCUT2D eigenvalue weighted by Crippen LogP contribution is -2.28. The predicted molar refractivity (Wildman–Crippen MR) is 64.0 cm³/mol. The second-order valence-corrected chi connectivity index (χ2v) is 4.40. The van der Waals surface area contributed by atoms with Crippen molar-refractivity contribution in [3.8, 4) is 0 Å². The van der Waals surface area contributed by atoms with Gasteiger partial charge >= 0.3 is 5.97 Å². The van der Waals surface area contributed by atoms with Gasteiger partial charge in [0.2, 0.25) is 0 Å². The average Bonchev–Trinajstić information content (AvgIpc) is 2.28. The van der Waals surface area contributed by atoms with Crippen LogP contribution in [0.25, 0.3) is 0 Å². The predicted octanol–water partition coefficient (Wildman–Crippen LogP) is 2.39. The number of hydrogen-bond donors (Lipinski definition) is 2. The maximum Gasteiger partial charge on any atom is 0.337 e. The van der Waals surface area contributed by atoms with Crippen molar-refractivity contribution in [3.63, 3.8) is 0 Å². The van der Waals surface area contributed by atoms with Crippen molar-refractivity contribution in [2.45, 2.75) is 32.2 Å². The zero-order chi connectivity index (χ0) is 13.9. The quantitative estimate of drug-likeness (QED) is 0.866. The Bertz CT molecular complexity index is 436. The summed E-state index contributed by atoms with van der Waals surface area (Å²) in [5.74, 6) is -2.06. The van der Waals surface area contributed by atoms with Gasteiger partial charge < -0.3 is 14.9 Å². The fourth-order valence-corrected chi connectivity index (χ4v) is 1.49.